The van der Waals surface area contributed by atoms with Crippen molar-refractivity contribution in [3.05, 3.63) is 206 Å². The summed E-state index contributed by atoms with van der Waals surface area (Å²) in [5.74, 6) is 1.87. The zero-order chi connectivity index (χ0) is 36.6. The fourth-order valence-electron chi connectivity index (χ4n) is 7.57. The molecule has 0 aliphatic rings. The molecule has 55 heavy (non-hydrogen) atoms. The zero-order valence-electron chi connectivity index (χ0n) is 29.9. The van der Waals surface area contributed by atoms with Crippen molar-refractivity contribution < 1.29 is 0 Å². The Bertz CT molecular complexity index is 2900. The van der Waals surface area contributed by atoms with E-state index in [9.17, 15) is 0 Å². The zero-order valence-corrected chi connectivity index (χ0v) is 29.9. The lowest BCUT2D eigenvalue weighted by molar-refractivity contribution is 1.07. The summed E-state index contributed by atoms with van der Waals surface area (Å²) in [4.78, 5) is 15.3. The van der Waals surface area contributed by atoms with E-state index < -0.39 is 0 Å². The number of rotatable bonds is 7. The lowest BCUT2D eigenvalue weighted by atomic mass is 9.98. The van der Waals surface area contributed by atoms with Crippen LogP contribution in [0.15, 0.2) is 206 Å². The number of para-hydroxylation sites is 2. The van der Waals surface area contributed by atoms with Gasteiger partial charge >= 0.3 is 0 Å². The van der Waals surface area contributed by atoms with Gasteiger partial charge in [0, 0.05) is 33.0 Å². The largest absolute Gasteiger partial charge is 0.309 e. The van der Waals surface area contributed by atoms with Crippen LogP contribution in [0.25, 0.3) is 95.0 Å². The molecule has 0 amide bonds. The monoisotopic (exact) mass is 702 g/mol. The van der Waals surface area contributed by atoms with Gasteiger partial charge in [0.05, 0.1) is 16.7 Å². The standard InChI is InChI=1S/C51H34N4/c1-4-15-35(16-5-1)40-21-14-22-41(33-40)36-27-29-39(30-28-36)50-52-49(38-19-8-3-9-20-38)53-51(54-50)42-31-32-43(37-17-6-2-7-18-37)48(34-42)55-46-25-12-10-23-44(46)45-24-11-13-26-47(45)55/h1-34H. The lowest BCUT2D eigenvalue weighted by Crippen LogP contribution is -2.02. The topological polar surface area (TPSA) is 43.6 Å². The van der Waals surface area contributed by atoms with Crippen LogP contribution in [0.4, 0.5) is 0 Å². The number of fused-ring (bicyclic) bond motifs is 3. The summed E-state index contributed by atoms with van der Waals surface area (Å²) in [5, 5.41) is 2.43. The van der Waals surface area contributed by atoms with Gasteiger partial charge in [-0.1, -0.05) is 182 Å². The highest BCUT2D eigenvalue weighted by Gasteiger charge is 2.19. The molecule has 0 radical (unpaired) electrons. The third-order valence-corrected chi connectivity index (χ3v) is 10.3. The van der Waals surface area contributed by atoms with Gasteiger partial charge in [0.1, 0.15) is 0 Å². The first kappa shape index (κ1) is 32.2. The van der Waals surface area contributed by atoms with Crippen molar-refractivity contribution in [2.24, 2.45) is 0 Å². The second-order valence-corrected chi connectivity index (χ2v) is 13.7. The Balaban J connectivity index is 1.12. The second kappa shape index (κ2) is 13.8. The lowest BCUT2D eigenvalue weighted by Gasteiger charge is -2.16. The molecule has 0 aliphatic carbocycles. The van der Waals surface area contributed by atoms with Gasteiger partial charge in [0.2, 0.25) is 0 Å². The first-order valence-electron chi connectivity index (χ1n) is 18.5. The average Bonchev–Trinajstić information content (AvgIpc) is 3.61. The molecule has 2 heterocycles. The van der Waals surface area contributed by atoms with Gasteiger partial charge < -0.3 is 4.57 Å². The van der Waals surface area contributed by atoms with Crippen LogP contribution in [0.1, 0.15) is 0 Å². The molecule has 0 saturated carbocycles. The van der Waals surface area contributed by atoms with Gasteiger partial charge in [-0.25, -0.2) is 15.0 Å². The van der Waals surface area contributed by atoms with Crippen LogP contribution in [0, 0.1) is 0 Å². The summed E-state index contributed by atoms with van der Waals surface area (Å²) in [7, 11) is 0. The van der Waals surface area contributed by atoms with Crippen molar-refractivity contribution in [1.82, 2.24) is 19.5 Å². The molecule has 0 N–H and O–H groups in total. The Kier molecular flexibility index (Phi) is 8.12. The van der Waals surface area contributed by atoms with Gasteiger partial charge in [-0.05, 0) is 52.1 Å². The van der Waals surface area contributed by atoms with Crippen molar-refractivity contribution in [3.63, 3.8) is 0 Å². The van der Waals surface area contributed by atoms with E-state index in [0.29, 0.717) is 17.5 Å². The molecule has 0 spiro atoms. The fourth-order valence-corrected chi connectivity index (χ4v) is 7.57. The van der Waals surface area contributed by atoms with Gasteiger partial charge in [-0.15, -0.1) is 0 Å². The van der Waals surface area contributed by atoms with E-state index in [1.54, 1.807) is 0 Å². The minimum absolute atomic E-state index is 0.616. The molecule has 0 unspecified atom stereocenters. The van der Waals surface area contributed by atoms with Crippen molar-refractivity contribution in [2.45, 2.75) is 0 Å². The van der Waals surface area contributed by atoms with Crippen LogP contribution < -0.4 is 0 Å². The normalized spacial score (nSPS) is 11.3. The predicted molar refractivity (Wildman–Crippen MR) is 227 cm³/mol. The highest BCUT2D eigenvalue weighted by Crippen LogP contribution is 2.38. The minimum Gasteiger partial charge on any atom is -0.309 e. The Hall–Kier alpha value is -7.43. The van der Waals surface area contributed by atoms with Crippen molar-refractivity contribution in [3.8, 4) is 73.2 Å². The number of hydrogen-bond donors (Lipinski definition) is 0. The molecule has 258 valence electrons. The number of nitrogens with zero attached hydrogens (tertiary/aromatic N) is 4. The Morgan fingerprint density at radius 3 is 1.25 bits per heavy atom. The van der Waals surface area contributed by atoms with Crippen LogP contribution in [0.2, 0.25) is 0 Å². The SMILES string of the molecule is c1ccc(-c2cccc(-c3ccc(-c4nc(-c5ccccc5)nc(-c5ccc(-c6ccccc6)c(-n6c7ccccc7c7ccccc76)c5)n4)cc3)c2)cc1. The maximum atomic E-state index is 5.17. The third kappa shape index (κ3) is 6.06. The van der Waals surface area contributed by atoms with E-state index in [4.69, 9.17) is 15.0 Å². The second-order valence-electron chi connectivity index (χ2n) is 13.7. The first-order valence-corrected chi connectivity index (χ1v) is 18.5. The molecule has 10 rings (SSSR count). The Morgan fingerprint density at radius 2 is 0.673 bits per heavy atom. The van der Waals surface area contributed by atoms with E-state index in [-0.39, 0.29) is 0 Å². The molecule has 0 atom stereocenters. The first-order chi connectivity index (χ1) is 27.3. The van der Waals surface area contributed by atoms with E-state index in [1.165, 1.54) is 21.9 Å². The maximum Gasteiger partial charge on any atom is 0.164 e. The van der Waals surface area contributed by atoms with Crippen LogP contribution in [-0.2, 0) is 0 Å². The number of benzene rings is 8. The molecule has 0 saturated heterocycles. The van der Waals surface area contributed by atoms with Gasteiger partial charge in [0.15, 0.2) is 17.5 Å². The smallest absolute Gasteiger partial charge is 0.164 e. The molecule has 2 aromatic heterocycles. The molecule has 0 fully saturated rings. The van der Waals surface area contributed by atoms with E-state index >= 15 is 0 Å². The fraction of sp³-hybridized carbons (Fsp3) is 0. The van der Waals surface area contributed by atoms with Crippen molar-refractivity contribution >= 4 is 21.8 Å². The summed E-state index contributed by atoms with van der Waals surface area (Å²) in [6.45, 7) is 0. The molecular weight excluding hydrogens is 669 g/mol. The molecular formula is C51H34N4. The highest BCUT2D eigenvalue weighted by atomic mass is 15.0. The van der Waals surface area contributed by atoms with Crippen molar-refractivity contribution in [1.29, 1.82) is 0 Å². The highest BCUT2D eigenvalue weighted by molar-refractivity contribution is 6.09. The van der Waals surface area contributed by atoms with E-state index in [2.05, 4.69) is 174 Å². The Morgan fingerprint density at radius 1 is 0.273 bits per heavy atom. The Labute approximate surface area is 319 Å². The van der Waals surface area contributed by atoms with Gasteiger partial charge in [0.25, 0.3) is 0 Å². The molecule has 0 aliphatic heterocycles. The summed E-state index contributed by atoms with van der Waals surface area (Å²) < 4.78 is 2.38. The van der Waals surface area contributed by atoms with Gasteiger partial charge in [-0.2, -0.15) is 0 Å². The summed E-state index contributed by atoms with van der Waals surface area (Å²) in [5.41, 5.74) is 13.1. The van der Waals surface area contributed by atoms with Crippen LogP contribution in [-0.4, -0.2) is 19.5 Å². The van der Waals surface area contributed by atoms with E-state index in [1.807, 2.05) is 36.4 Å². The minimum atomic E-state index is 0.616. The number of hydrogen-bond acceptors (Lipinski definition) is 3. The van der Waals surface area contributed by atoms with Crippen LogP contribution >= 0.6 is 0 Å². The molecule has 0 bridgehead atoms. The molecule has 4 nitrogen and oxygen atoms in total. The molecule has 10 aromatic rings. The average molecular weight is 703 g/mol. The summed E-state index contributed by atoms with van der Waals surface area (Å²) in [6.07, 6.45) is 0. The van der Waals surface area contributed by atoms with E-state index in [0.717, 1.165) is 55.7 Å². The van der Waals surface area contributed by atoms with Gasteiger partial charge in [-0.3, -0.25) is 0 Å². The molecule has 4 heteroatoms. The van der Waals surface area contributed by atoms with Crippen LogP contribution in [0.5, 0.6) is 0 Å². The third-order valence-electron chi connectivity index (χ3n) is 10.3. The summed E-state index contributed by atoms with van der Waals surface area (Å²) in [6, 6.07) is 72.2. The maximum absolute atomic E-state index is 5.17. The van der Waals surface area contributed by atoms with Crippen molar-refractivity contribution in [2.75, 3.05) is 0 Å². The molecule has 8 aromatic carbocycles. The quantitative estimate of drug-likeness (QED) is 0.166. The summed E-state index contributed by atoms with van der Waals surface area (Å²) >= 11 is 0. The van der Waals surface area contributed by atoms with Crippen LogP contribution in [0.3, 0.4) is 0 Å². The predicted octanol–water partition coefficient (Wildman–Crippen LogP) is 13.0. The number of aromatic nitrogens is 4.